The summed E-state index contributed by atoms with van der Waals surface area (Å²) in [5, 5.41) is 7.10. The van der Waals surface area contributed by atoms with Gasteiger partial charge in [-0.25, -0.2) is 0 Å². The van der Waals surface area contributed by atoms with E-state index in [1.54, 1.807) is 10.7 Å². The molecular formula is C13H17ClN4OS. The molecule has 0 aliphatic carbocycles. The standard InChI is InChI=1S/C13H17ClN4OS/c1-17(2)7-6-15-13(19)9-8-10(18(3)16-9)11-4-5-12(14)20-11/h4-5,8H,6-7H2,1-3H3,(H,15,19). The molecule has 0 unspecified atom stereocenters. The first-order chi connectivity index (χ1) is 9.47. The van der Waals surface area contributed by atoms with Gasteiger partial charge in [0, 0.05) is 20.1 Å². The number of carbonyl (C=O) groups excluding carboxylic acids is 1. The van der Waals surface area contributed by atoms with E-state index in [9.17, 15) is 4.79 Å². The Hall–Kier alpha value is -1.37. The molecule has 20 heavy (non-hydrogen) atoms. The first-order valence-corrected chi connectivity index (χ1v) is 7.39. The zero-order valence-corrected chi connectivity index (χ0v) is 13.3. The van der Waals surface area contributed by atoms with E-state index in [0.29, 0.717) is 12.2 Å². The molecule has 2 rings (SSSR count). The molecule has 7 heteroatoms. The van der Waals surface area contributed by atoms with Crippen molar-refractivity contribution in [2.45, 2.75) is 0 Å². The van der Waals surface area contributed by atoms with Crippen LogP contribution < -0.4 is 5.32 Å². The third kappa shape index (κ3) is 3.59. The highest BCUT2D eigenvalue weighted by Crippen LogP contribution is 2.30. The Morgan fingerprint density at radius 3 is 2.85 bits per heavy atom. The number of hydrogen-bond donors (Lipinski definition) is 1. The molecule has 1 N–H and O–H groups in total. The number of halogens is 1. The number of likely N-dealkylation sites (N-methyl/N-ethyl adjacent to an activating group) is 1. The van der Waals surface area contributed by atoms with Gasteiger partial charge in [0.05, 0.1) is 14.9 Å². The first-order valence-electron chi connectivity index (χ1n) is 6.20. The molecule has 5 nitrogen and oxygen atoms in total. The smallest absolute Gasteiger partial charge is 0.271 e. The van der Waals surface area contributed by atoms with Gasteiger partial charge in [-0.05, 0) is 32.3 Å². The average molecular weight is 313 g/mol. The van der Waals surface area contributed by atoms with E-state index in [1.165, 1.54) is 11.3 Å². The van der Waals surface area contributed by atoms with Gasteiger partial charge >= 0.3 is 0 Å². The largest absolute Gasteiger partial charge is 0.349 e. The third-order valence-electron chi connectivity index (χ3n) is 2.78. The van der Waals surface area contributed by atoms with Crippen molar-refractivity contribution in [3.8, 4) is 10.6 Å². The van der Waals surface area contributed by atoms with E-state index in [0.717, 1.165) is 21.5 Å². The molecule has 2 heterocycles. The third-order valence-corrected chi connectivity index (χ3v) is 4.04. The highest BCUT2D eigenvalue weighted by molar-refractivity contribution is 7.19. The molecule has 0 spiro atoms. The number of amides is 1. The normalized spacial score (nSPS) is 11.1. The van der Waals surface area contributed by atoms with Crippen molar-refractivity contribution in [2.75, 3.05) is 27.2 Å². The van der Waals surface area contributed by atoms with Crippen molar-refractivity contribution in [3.63, 3.8) is 0 Å². The summed E-state index contributed by atoms with van der Waals surface area (Å²) < 4.78 is 2.42. The molecule has 0 aliphatic heterocycles. The summed E-state index contributed by atoms with van der Waals surface area (Å²) in [5.41, 5.74) is 1.31. The predicted octanol–water partition coefficient (Wildman–Crippen LogP) is 2.09. The van der Waals surface area contributed by atoms with Crippen LogP contribution in [0.2, 0.25) is 4.34 Å². The molecule has 0 atom stereocenters. The summed E-state index contributed by atoms with van der Waals surface area (Å²) >= 11 is 7.40. The van der Waals surface area contributed by atoms with E-state index in [2.05, 4.69) is 10.4 Å². The maximum atomic E-state index is 12.0. The Labute approximate surface area is 127 Å². The fourth-order valence-corrected chi connectivity index (χ4v) is 2.83. The lowest BCUT2D eigenvalue weighted by atomic mass is 10.3. The van der Waals surface area contributed by atoms with Crippen LogP contribution in [0.4, 0.5) is 0 Å². The molecular weight excluding hydrogens is 296 g/mol. The van der Waals surface area contributed by atoms with E-state index < -0.39 is 0 Å². The van der Waals surface area contributed by atoms with Crippen molar-refractivity contribution < 1.29 is 4.79 Å². The van der Waals surface area contributed by atoms with Gasteiger partial charge in [0.2, 0.25) is 0 Å². The number of rotatable bonds is 5. The summed E-state index contributed by atoms with van der Waals surface area (Å²) in [4.78, 5) is 15.0. The second-order valence-electron chi connectivity index (χ2n) is 4.70. The summed E-state index contributed by atoms with van der Waals surface area (Å²) in [6, 6.07) is 5.55. The molecule has 0 saturated carbocycles. The van der Waals surface area contributed by atoms with Gasteiger partial charge in [0.1, 0.15) is 0 Å². The number of carbonyl (C=O) groups is 1. The molecule has 0 aromatic carbocycles. The summed E-state index contributed by atoms with van der Waals surface area (Å²) in [6.07, 6.45) is 0. The lowest BCUT2D eigenvalue weighted by Crippen LogP contribution is -2.31. The highest BCUT2D eigenvalue weighted by Gasteiger charge is 2.14. The maximum Gasteiger partial charge on any atom is 0.271 e. The molecule has 0 radical (unpaired) electrons. The van der Waals surface area contributed by atoms with Gasteiger partial charge in [-0.1, -0.05) is 11.6 Å². The van der Waals surface area contributed by atoms with Gasteiger partial charge in [0.15, 0.2) is 5.69 Å². The highest BCUT2D eigenvalue weighted by atomic mass is 35.5. The lowest BCUT2D eigenvalue weighted by molar-refractivity contribution is 0.0945. The van der Waals surface area contributed by atoms with Crippen LogP contribution in [0.25, 0.3) is 10.6 Å². The number of nitrogens with zero attached hydrogens (tertiary/aromatic N) is 3. The van der Waals surface area contributed by atoms with Crippen LogP contribution in [0.5, 0.6) is 0 Å². The average Bonchev–Trinajstić information content (AvgIpc) is 2.94. The van der Waals surface area contributed by atoms with Crippen molar-refractivity contribution in [2.24, 2.45) is 7.05 Å². The molecule has 1 amide bonds. The molecule has 2 aromatic rings. The van der Waals surface area contributed by atoms with Crippen LogP contribution in [0, 0.1) is 0 Å². The van der Waals surface area contributed by atoms with Crippen LogP contribution >= 0.6 is 22.9 Å². The van der Waals surface area contributed by atoms with Gasteiger partial charge < -0.3 is 10.2 Å². The van der Waals surface area contributed by atoms with E-state index in [4.69, 9.17) is 11.6 Å². The van der Waals surface area contributed by atoms with Crippen molar-refractivity contribution in [1.29, 1.82) is 0 Å². The topological polar surface area (TPSA) is 50.2 Å². The van der Waals surface area contributed by atoms with Crippen LogP contribution in [0.15, 0.2) is 18.2 Å². The zero-order valence-electron chi connectivity index (χ0n) is 11.7. The lowest BCUT2D eigenvalue weighted by Gasteiger charge is -2.09. The van der Waals surface area contributed by atoms with E-state index in [-0.39, 0.29) is 5.91 Å². The summed E-state index contributed by atoms with van der Waals surface area (Å²) in [6.45, 7) is 1.40. The quantitative estimate of drug-likeness (QED) is 0.920. The second kappa shape index (κ2) is 6.39. The second-order valence-corrected chi connectivity index (χ2v) is 6.42. The van der Waals surface area contributed by atoms with Gasteiger partial charge in [-0.2, -0.15) is 5.10 Å². The van der Waals surface area contributed by atoms with Gasteiger partial charge in [0.25, 0.3) is 5.91 Å². The maximum absolute atomic E-state index is 12.0. The molecule has 0 fully saturated rings. The van der Waals surface area contributed by atoms with Crippen LogP contribution in [-0.4, -0.2) is 47.8 Å². The van der Waals surface area contributed by atoms with E-state index in [1.807, 2.05) is 38.2 Å². The number of hydrogen-bond acceptors (Lipinski definition) is 4. The summed E-state index contributed by atoms with van der Waals surface area (Å²) in [7, 11) is 5.75. The fourth-order valence-electron chi connectivity index (χ4n) is 1.74. The zero-order chi connectivity index (χ0) is 14.7. The monoisotopic (exact) mass is 312 g/mol. The molecule has 0 saturated heterocycles. The number of aromatic nitrogens is 2. The van der Waals surface area contributed by atoms with Crippen LogP contribution in [0.3, 0.4) is 0 Å². The van der Waals surface area contributed by atoms with Gasteiger partial charge in [-0.15, -0.1) is 11.3 Å². The fraction of sp³-hybridized carbons (Fsp3) is 0.385. The number of nitrogens with one attached hydrogen (secondary N) is 1. The molecule has 108 valence electrons. The Morgan fingerprint density at radius 1 is 1.50 bits per heavy atom. The minimum Gasteiger partial charge on any atom is -0.349 e. The Kier molecular flexibility index (Phi) is 4.80. The Bertz CT molecular complexity index is 605. The first kappa shape index (κ1) is 15.0. The molecule has 2 aromatic heterocycles. The van der Waals surface area contributed by atoms with Crippen molar-refractivity contribution in [1.82, 2.24) is 20.0 Å². The minimum absolute atomic E-state index is 0.156. The minimum atomic E-state index is -0.156. The van der Waals surface area contributed by atoms with E-state index >= 15 is 0 Å². The molecule has 0 bridgehead atoms. The summed E-state index contributed by atoms with van der Waals surface area (Å²) in [5.74, 6) is -0.156. The Balaban J connectivity index is 2.09. The SMILES string of the molecule is CN(C)CCNC(=O)c1cc(-c2ccc(Cl)s2)n(C)n1. The number of aryl methyl sites for hydroxylation is 1. The van der Waals surface area contributed by atoms with Crippen LogP contribution in [-0.2, 0) is 7.05 Å². The number of thiophene rings is 1. The van der Waals surface area contributed by atoms with Crippen LogP contribution in [0.1, 0.15) is 10.5 Å². The van der Waals surface area contributed by atoms with Crippen molar-refractivity contribution in [3.05, 3.63) is 28.2 Å². The van der Waals surface area contributed by atoms with Crippen molar-refractivity contribution >= 4 is 28.8 Å². The van der Waals surface area contributed by atoms with Gasteiger partial charge in [-0.3, -0.25) is 9.48 Å². The Morgan fingerprint density at radius 2 is 2.25 bits per heavy atom. The predicted molar refractivity (Wildman–Crippen MR) is 82.4 cm³/mol. The molecule has 0 aliphatic rings.